The van der Waals surface area contributed by atoms with Gasteiger partial charge in [-0.25, -0.2) is 10.1 Å². The molecular weight excluding hydrogens is 388 g/mol. The van der Waals surface area contributed by atoms with E-state index in [0.29, 0.717) is 6.61 Å². The number of hydrogen-bond acceptors (Lipinski definition) is 5. The zero-order valence-corrected chi connectivity index (χ0v) is 17.6. The molecule has 5 heteroatoms. The predicted octanol–water partition coefficient (Wildman–Crippen LogP) is 5.04. The predicted molar refractivity (Wildman–Crippen MR) is 120 cm³/mol. The molecule has 5 nitrogen and oxygen atoms in total. The second kappa shape index (κ2) is 7.67. The molecule has 2 aliphatic heterocycles. The lowest BCUT2D eigenvalue weighted by Gasteiger charge is -2.35. The van der Waals surface area contributed by atoms with E-state index >= 15 is 0 Å². The van der Waals surface area contributed by atoms with Crippen molar-refractivity contribution in [3.8, 4) is 0 Å². The van der Waals surface area contributed by atoms with Gasteiger partial charge < -0.3 is 4.74 Å². The normalized spacial score (nSPS) is 25.4. The van der Waals surface area contributed by atoms with Crippen LogP contribution in [-0.2, 0) is 19.9 Å². The number of esters is 1. The Morgan fingerprint density at radius 3 is 2.35 bits per heavy atom. The fourth-order valence-electron chi connectivity index (χ4n) is 4.82. The number of carbonyl (C=O) groups is 1. The molecule has 0 bridgehead atoms. The van der Waals surface area contributed by atoms with Crippen molar-refractivity contribution < 1.29 is 14.4 Å². The molecule has 0 N–H and O–H groups in total. The number of benzene rings is 3. The molecule has 0 saturated carbocycles. The second-order valence-corrected chi connectivity index (χ2v) is 7.78. The quantitative estimate of drug-likeness (QED) is 0.564. The van der Waals surface area contributed by atoms with Gasteiger partial charge in [0.05, 0.1) is 29.8 Å². The van der Waals surface area contributed by atoms with E-state index in [0.717, 1.165) is 28.2 Å². The van der Waals surface area contributed by atoms with E-state index in [2.05, 4.69) is 0 Å². The average Bonchev–Trinajstić information content (AvgIpc) is 3.25. The SMILES string of the molecule is CCOC(=O)[C@H]1[C@H](C)ON2c3ccccc3C(=Nc3ccccc3)[C@@]12c1ccccc1. The largest absolute Gasteiger partial charge is 0.466 e. The van der Waals surface area contributed by atoms with Crippen LogP contribution in [-0.4, -0.2) is 24.4 Å². The maximum Gasteiger partial charge on any atom is 0.314 e. The molecule has 0 aliphatic carbocycles. The molecule has 5 rings (SSSR count). The van der Waals surface area contributed by atoms with Crippen molar-refractivity contribution in [2.45, 2.75) is 25.5 Å². The lowest BCUT2D eigenvalue weighted by atomic mass is 9.73. The van der Waals surface area contributed by atoms with Crippen molar-refractivity contribution >= 4 is 23.1 Å². The summed E-state index contributed by atoms with van der Waals surface area (Å²) < 4.78 is 5.55. The highest BCUT2D eigenvalue weighted by atomic mass is 16.7. The van der Waals surface area contributed by atoms with E-state index < -0.39 is 11.5 Å². The highest BCUT2D eigenvalue weighted by Gasteiger charge is 2.66. The molecule has 0 radical (unpaired) electrons. The minimum absolute atomic E-state index is 0.282. The minimum atomic E-state index is -0.924. The zero-order valence-electron chi connectivity index (χ0n) is 17.6. The van der Waals surface area contributed by atoms with Gasteiger partial charge in [0.25, 0.3) is 0 Å². The van der Waals surface area contributed by atoms with E-state index in [1.165, 1.54) is 0 Å². The summed E-state index contributed by atoms with van der Waals surface area (Å²) in [5, 5.41) is 1.88. The van der Waals surface area contributed by atoms with Crippen LogP contribution in [0.2, 0.25) is 0 Å². The summed E-state index contributed by atoms with van der Waals surface area (Å²) in [7, 11) is 0. The van der Waals surface area contributed by atoms with Gasteiger partial charge in [0, 0.05) is 5.56 Å². The fraction of sp³-hybridized carbons (Fsp3) is 0.231. The van der Waals surface area contributed by atoms with Crippen LogP contribution in [0.1, 0.15) is 25.0 Å². The molecule has 3 atom stereocenters. The van der Waals surface area contributed by atoms with Gasteiger partial charge in [-0.3, -0.25) is 9.63 Å². The van der Waals surface area contributed by atoms with Crippen molar-refractivity contribution in [3.63, 3.8) is 0 Å². The number of aliphatic imine (C=N–C) groups is 1. The van der Waals surface area contributed by atoms with Crippen LogP contribution in [0.5, 0.6) is 0 Å². The van der Waals surface area contributed by atoms with Crippen molar-refractivity contribution in [2.24, 2.45) is 10.9 Å². The monoisotopic (exact) mass is 412 g/mol. The summed E-state index contributed by atoms with van der Waals surface area (Å²) in [6, 6.07) is 27.9. The summed E-state index contributed by atoms with van der Waals surface area (Å²) in [6.07, 6.45) is -0.381. The van der Waals surface area contributed by atoms with Crippen LogP contribution in [0, 0.1) is 5.92 Å². The summed E-state index contributed by atoms with van der Waals surface area (Å²) in [5.74, 6) is -0.861. The molecule has 0 spiro atoms. The number of hydroxylamine groups is 1. The molecule has 0 aromatic heterocycles. The first-order valence-corrected chi connectivity index (χ1v) is 10.6. The molecular formula is C26H24N2O3. The standard InChI is InChI=1S/C26H24N2O3/c1-3-30-25(29)23-18(2)31-28-22-17-11-10-16-21(22)24(27-20-14-8-5-9-15-20)26(23,28)19-12-6-4-7-13-19/h4-18,23H,3H2,1-2H3/t18-,23+,26+/m0/s1. The molecule has 31 heavy (non-hydrogen) atoms. The summed E-state index contributed by atoms with van der Waals surface area (Å²) in [6.45, 7) is 4.06. The van der Waals surface area contributed by atoms with Gasteiger partial charge in [-0.1, -0.05) is 66.7 Å². The lowest BCUT2D eigenvalue weighted by molar-refractivity contribution is -0.150. The van der Waals surface area contributed by atoms with Crippen molar-refractivity contribution in [1.82, 2.24) is 0 Å². The van der Waals surface area contributed by atoms with E-state index in [9.17, 15) is 4.79 Å². The number of carbonyl (C=O) groups excluding carboxylic acids is 1. The van der Waals surface area contributed by atoms with Crippen molar-refractivity contribution in [2.75, 3.05) is 11.7 Å². The molecule has 0 unspecified atom stereocenters. The Bertz CT molecular complexity index is 1130. The zero-order chi connectivity index (χ0) is 21.4. The number of anilines is 1. The van der Waals surface area contributed by atoms with Gasteiger partial charge in [0.15, 0.2) is 5.54 Å². The molecule has 2 aliphatic rings. The first kappa shape index (κ1) is 19.5. The number of nitrogens with zero attached hydrogens (tertiary/aromatic N) is 2. The Kier molecular flexibility index (Phi) is 4.83. The minimum Gasteiger partial charge on any atom is -0.466 e. The number of para-hydroxylation sites is 2. The summed E-state index contributed by atoms with van der Waals surface area (Å²) in [5.41, 5.74) is 3.50. The second-order valence-electron chi connectivity index (χ2n) is 7.78. The Morgan fingerprint density at radius 1 is 1.00 bits per heavy atom. The number of hydrogen-bond donors (Lipinski definition) is 0. The molecule has 3 aromatic carbocycles. The van der Waals surface area contributed by atoms with E-state index in [1.807, 2.05) is 104 Å². The summed E-state index contributed by atoms with van der Waals surface area (Å²) in [4.78, 5) is 24.8. The van der Waals surface area contributed by atoms with Gasteiger partial charge in [0.2, 0.25) is 0 Å². The number of rotatable bonds is 4. The fourth-order valence-corrected chi connectivity index (χ4v) is 4.82. The van der Waals surface area contributed by atoms with Gasteiger partial charge >= 0.3 is 5.97 Å². The van der Waals surface area contributed by atoms with Gasteiger partial charge in [-0.15, -0.1) is 0 Å². The van der Waals surface area contributed by atoms with E-state index in [4.69, 9.17) is 14.6 Å². The lowest BCUT2D eigenvalue weighted by Crippen LogP contribution is -2.51. The molecule has 156 valence electrons. The Balaban J connectivity index is 1.84. The van der Waals surface area contributed by atoms with Crippen molar-refractivity contribution in [3.05, 3.63) is 96.1 Å². The van der Waals surface area contributed by atoms with Crippen LogP contribution in [0.25, 0.3) is 0 Å². The van der Waals surface area contributed by atoms with Crippen LogP contribution in [0.4, 0.5) is 11.4 Å². The van der Waals surface area contributed by atoms with Gasteiger partial charge in [-0.05, 0) is 37.6 Å². The average molecular weight is 412 g/mol. The summed E-state index contributed by atoms with van der Waals surface area (Å²) >= 11 is 0. The molecule has 0 amide bonds. The number of fused-ring (bicyclic) bond motifs is 3. The maximum atomic E-state index is 13.3. The third-order valence-electron chi connectivity index (χ3n) is 6.00. The van der Waals surface area contributed by atoms with Crippen LogP contribution < -0.4 is 5.06 Å². The molecule has 1 saturated heterocycles. The van der Waals surface area contributed by atoms with Gasteiger partial charge in [0.1, 0.15) is 5.92 Å². The third kappa shape index (κ3) is 2.88. The first-order valence-electron chi connectivity index (χ1n) is 10.6. The van der Waals surface area contributed by atoms with E-state index in [-0.39, 0.29) is 12.1 Å². The van der Waals surface area contributed by atoms with Crippen molar-refractivity contribution in [1.29, 1.82) is 0 Å². The first-order chi connectivity index (χ1) is 15.2. The number of ether oxygens (including phenoxy) is 1. The van der Waals surface area contributed by atoms with E-state index in [1.54, 1.807) is 0 Å². The smallest absolute Gasteiger partial charge is 0.314 e. The Labute approximate surface area is 181 Å². The Morgan fingerprint density at radius 2 is 1.65 bits per heavy atom. The molecule has 2 heterocycles. The highest BCUT2D eigenvalue weighted by Crippen LogP contribution is 2.56. The Hall–Kier alpha value is -3.44. The molecule has 3 aromatic rings. The topological polar surface area (TPSA) is 51.1 Å². The van der Waals surface area contributed by atoms with Crippen LogP contribution in [0.3, 0.4) is 0 Å². The highest BCUT2D eigenvalue weighted by molar-refractivity contribution is 6.20. The maximum absolute atomic E-state index is 13.3. The van der Waals surface area contributed by atoms with Crippen LogP contribution in [0.15, 0.2) is 89.9 Å². The van der Waals surface area contributed by atoms with Crippen LogP contribution >= 0.6 is 0 Å². The third-order valence-corrected chi connectivity index (χ3v) is 6.00. The van der Waals surface area contributed by atoms with Gasteiger partial charge in [-0.2, -0.15) is 0 Å². The molecule has 1 fully saturated rings.